The van der Waals surface area contributed by atoms with Crippen LogP contribution in [0.5, 0.6) is 0 Å². The van der Waals surface area contributed by atoms with E-state index in [4.69, 9.17) is 4.74 Å². The van der Waals surface area contributed by atoms with Gasteiger partial charge in [-0.1, -0.05) is 6.58 Å². The molecule has 0 spiro atoms. The summed E-state index contributed by atoms with van der Waals surface area (Å²) >= 11 is 0. The molecular weight excluding hydrogens is 206 g/mol. The Balaban J connectivity index is 2.44. The van der Waals surface area contributed by atoms with Crippen LogP contribution in [0, 0.1) is 0 Å². The number of hydrogen-bond acceptors (Lipinski definition) is 4. The van der Waals surface area contributed by atoms with Gasteiger partial charge in [0.05, 0.1) is 12.3 Å². The van der Waals surface area contributed by atoms with Crippen molar-refractivity contribution in [2.45, 2.75) is 13.0 Å². The Morgan fingerprint density at radius 2 is 2.50 bits per heavy atom. The fraction of sp³-hybridized carbons (Fsp3) is 0.364. The Kier molecular flexibility index (Phi) is 5.15. The summed E-state index contributed by atoms with van der Waals surface area (Å²) in [4.78, 5) is 19.3. The maximum absolute atomic E-state index is 10.9. The van der Waals surface area contributed by atoms with Gasteiger partial charge < -0.3 is 10.1 Å². The molecule has 16 heavy (non-hydrogen) atoms. The third-order valence-electron chi connectivity index (χ3n) is 1.89. The van der Waals surface area contributed by atoms with Crippen molar-refractivity contribution >= 4 is 5.91 Å². The van der Waals surface area contributed by atoms with E-state index in [-0.39, 0.29) is 5.91 Å². The molecule has 1 rings (SSSR count). The number of nitrogens with zero attached hydrogens (tertiary/aromatic N) is 2. The molecule has 0 radical (unpaired) electrons. The molecule has 1 heterocycles. The van der Waals surface area contributed by atoms with Crippen LogP contribution < -0.4 is 5.32 Å². The van der Waals surface area contributed by atoms with E-state index in [9.17, 15) is 4.79 Å². The molecule has 0 aliphatic heterocycles. The molecule has 0 fully saturated rings. The highest BCUT2D eigenvalue weighted by atomic mass is 16.5. The zero-order valence-corrected chi connectivity index (χ0v) is 9.27. The topological polar surface area (TPSA) is 64.1 Å². The van der Waals surface area contributed by atoms with Crippen LogP contribution in [-0.2, 0) is 22.6 Å². The first-order valence-corrected chi connectivity index (χ1v) is 4.96. The maximum Gasteiger partial charge on any atom is 0.243 e. The average molecular weight is 221 g/mol. The number of nitrogens with one attached hydrogen (secondary N) is 1. The predicted octanol–water partition coefficient (Wildman–Crippen LogP) is 0.468. The number of carbonyl (C=O) groups is 1. The number of aromatic nitrogens is 2. The lowest BCUT2D eigenvalue weighted by molar-refractivity contribution is -0.116. The van der Waals surface area contributed by atoms with Crippen LogP contribution in [0.2, 0.25) is 0 Å². The third kappa shape index (κ3) is 4.18. The van der Waals surface area contributed by atoms with Crippen molar-refractivity contribution < 1.29 is 9.53 Å². The second kappa shape index (κ2) is 6.68. The quantitative estimate of drug-likeness (QED) is 0.709. The highest BCUT2D eigenvalue weighted by Crippen LogP contribution is 1.97. The zero-order valence-electron chi connectivity index (χ0n) is 9.27. The van der Waals surface area contributed by atoms with Gasteiger partial charge in [0.25, 0.3) is 0 Å². The van der Waals surface area contributed by atoms with Crippen LogP contribution >= 0.6 is 0 Å². The molecule has 0 atom stereocenters. The Morgan fingerprint density at radius 1 is 1.69 bits per heavy atom. The van der Waals surface area contributed by atoms with Crippen LogP contribution in [-0.4, -0.2) is 29.5 Å². The molecule has 1 aromatic heterocycles. The normalized spacial score (nSPS) is 9.81. The summed E-state index contributed by atoms with van der Waals surface area (Å²) in [6.45, 7) is 4.33. The van der Waals surface area contributed by atoms with E-state index in [1.54, 1.807) is 19.4 Å². The molecule has 0 saturated carbocycles. The average Bonchev–Trinajstić information content (AvgIpc) is 2.30. The van der Waals surface area contributed by atoms with Crippen molar-refractivity contribution in [1.29, 1.82) is 0 Å². The van der Waals surface area contributed by atoms with Gasteiger partial charge in [-0.2, -0.15) is 0 Å². The molecule has 1 N–H and O–H groups in total. The number of methoxy groups -OCH3 is 1. The lowest BCUT2D eigenvalue weighted by atomic mass is 10.3. The number of rotatable bonds is 6. The van der Waals surface area contributed by atoms with Gasteiger partial charge in [0, 0.05) is 26.3 Å². The van der Waals surface area contributed by atoms with Crippen LogP contribution in [0.1, 0.15) is 11.5 Å². The Hall–Kier alpha value is -1.75. The van der Waals surface area contributed by atoms with E-state index < -0.39 is 0 Å². The Bertz CT molecular complexity index is 366. The fourth-order valence-electron chi connectivity index (χ4n) is 1.16. The van der Waals surface area contributed by atoms with Crippen molar-refractivity contribution in [1.82, 2.24) is 15.3 Å². The minimum Gasteiger partial charge on any atom is -0.378 e. The molecule has 0 unspecified atom stereocenters. The number of amides is 1. The van der Waals surface area contributed by atoms with Gasteiger partial charge in [0.2, 0.25) is 5.91 Å². The molecule has 0 bridgehead atoms. The highest BCUT2D eigenvalue weighted by molar-refractivity contribution is 5.86. The fourth-order valence-corrected chi connectivity index (χ4v) is 1.16. The van der Waals surface area contributed by atoms with E-state index in [0.29, 0.717) is 25.4 Å². The van der Waals surface area contributed by atoms with Crippen molar-refractivity contribution in [2.75, 3.05) is 13.7 Å². The van der Waals surface area contributed by atoms with Crippen LogP contribution in [0.15, 0.2) is 24.9 Å². The van der Waals surface area contributed by atoms with Gasteiger partial charge in [-0.15, -0.1) is 0 Å². The minimum absolute atomic E-state index is 0.187. The minimum atomic E-state index is -0.187. The molecule has 0 aromatic carbocycles. The standard InChI is InChI=1S/C11H15N3O2/c1-3-11(15)13-7-5-10-12-6-4-9(14-10)8-16-2/h3-4,6H,1,5,7-8H2,2H3,(H,13,15). The van der Waals surface area contributed by atoms with Gasteiger partial charge in [-0.05, 0) is 12.1 Å². The van der Waals surface area contributed by atoms with Gasteiger partial charge in [0.15, 0.2) is 0 Å². The van der Waals surface area contributed by atoms with Crippen molar-refractivity contribution in [3.8, 4) is 0 Å². The van der Waals surface area contributed by atoms with Crippen LogP contribution in [0.25, 0.3) is 0 Å². The highest BCUT2D eigenvalue weighted by Gasteiger charge is 2.00. The van der Waals surface area contributed by atoms with E-state index in [1.807, 2.05) is 0 Å². The van der Waals surface area contributed by atoms with E-state index >= 15 is 0 Å². The van der Waals surface area contributed by atoms with Crippen molar-refractivity contribution in [3.63, 3.8) is 0 Å². The maximum atomic E-state index is 10.9. The lowest BCUT2D eigenvalue weighted by Gasteiger charge is -2.03. The first kappa shape index (κ1) is 12.3. The second-order valence-electron chi connectivity index (χ2n) is 3.14. The van der Waals surface area contributed by atoms with Gasteiger partial charge in [0.1, 0.15) is 5.82 Å². The monoisotopic (exact) mass is 221 g/mol. The van der Waals surface area contributed by atoms with Crippen LogP contribution in [0.3, 0.4) is 0 Å². The molecule has 1 aromatic rings. The first-order valence-electron chi connectivity index (χ1n) is 4.96. The summed E-state index contributed by atoms with van der Waals surface area (Å²) in [6.07, 6.45) is 3.52. The van der Waals surface area contributed by atoms with E-state index in [1.165, 1.54) is 6.08 Å². The number of carbonyl (C=O) groups excluding carboxylic acids is 1. The molecule has 86 valence electrons. The Morgan fingerprint density at radius 3 is 3.19 bits per heavy atom. The van der Waals surface area contributed by atoms with E-state index in [0.717, 1.165) is 5.69 Å². The molecule has 5 nitrogen and oxygen atoms in total. The summed E-state index contributed by atoms with van der Waals surface area (Å²) in [7, 11) is 1.62. The predicted molar refractivity (Wildman–Crippen MR) is 59.7 cm³/mol. The largest absolute Gasteiger partial charge is 0.378 e. The number of ether oxygens (including phenoxy) is 1. The summed E-state index contributed by atoms with van der Waals surface area (Å²) in [6, 6.07) is 1.80. The Labute approximate surface area is 94.6 Å². The molecule has 1 amide bonds. The van der Waals surface area contributed by atoms with E-state index in [2.05, 4.69) is 21.9 Å². The first-order chi connectivity index (χ1) is 7.76. The van der Waals surface area contributed by atoms with Gasteiger partial charge in [-0.3, -0.25) is 4.79 Å². The van der Waals surface area contributed by atoms with Gasteiger partial charge in [-0.25, -0.2) is 9.97 Å². The molecule has 0 aliphatic carbocycles. The lowest BCUT2D eigenvalue weighted by Crippen LogP contribution is -2.24. The molecule has 0 saturated heterocycles. The summed E-state index contributed by atoms with van der Waals surface area (Å²) in [5.41, 5.74) is 0.836. The van der Waals surface area contributed by atoms with Gasteiger partial charge >= 0.3 is 0 Å². The SMILES string of the molecule is C=CC(=O)NCCc1nccc(COC)n1. The molecule has 5 heteroatoms. The molecular formula is C11H15N3O2. The smallest absolute Gasteiger partial charge is 0.243 e. The number of hydrogen-bond donors (Lipinski definition) is 1. The molecule has 0 aliphatic rings. The summed E-state index contributed by atoms with van der Waals surface area (Å²) in [5.74, 6) is 0.506. The third-order valence-corrected chi connectivity index (χ3v) is 1.89. The van der Waals surface area contributed by atoms with Crippen molar-refractivity contribution in [3.05, 3.63) is 36.4 Å². The summed E-state index contributed by atoms with van der Waals surface area (Å²) in [5, 5.41) is 2.66. The van der Waals surface area contributed by atoms with Crippen LogP contribution in [0.4, 0.5) is 0 Å². The second-order valence-corrected chi connectivity index (χ2v) is 3.14. The van der Waals surface area contributed by atoms with Crippen molar-refractivity contribution in [2.24, 2.45) is 0 Å². The zero-order chi connectivity index (χ0) is 11.8. The summed E-state index contributed by atoms with van der Waals surface area (Å²) < 4.78 is 4.97.